The van der Waals surface area contributed by atoms with Crippen molar-refractivity contribution < 1.29 is 31.5 Å². The molecule has 0 N–H and O–H groups in total. The summed E-state index contributed by atoms with van der Waals surface area (Å²) in [4.78, 5) is 2.20. The first-order valence-electron chi connectivity index (χ1n) is 9.13. The fourth-order valence-corrected chi connectivity index (χ4v) is 3.47. The van der Waals surface area contributed by atoms with Crippen LogP contribution in [0.15, 0.2) is 24.3 Å². The van der Waals surface area contributed by atoms with E-state index in [0.717, 1.165) is 57.9 Å². The molecule has 5 rings (SSSR count). The molecule has 0 saturated carbocycles. The van der Waals surface area contributed by atoms with Crippen molar-refractivity contribution in [3.05, 3.63) is 40.4 Å². The van der Waals surface area contributed by atoms with Gasteiger partial charge in [-0.05, 0) is 18.2 Å². The van der Waals surface area contributed by atoms with E-state index in [1.54, 1.807) is 0 Å². The molecule has 0 saturated heterocycles. The van der Waals surface area contributed by atoms with Crippen molar-refractivity contribution >= 4 is 19.0 Å². The van der Waals surface area contributed by atoms with Crippen LogP contribution in [0.5, 0.6) is 23.0 Å². The normalized spacial score (nSPS) is 16.3. The second kappa shape index (κ2) is 7.16. The lowest BCUT2D eigenvalue weighted by Crippen LogP contribution is -2.37. The lowest BCUT2D eigenvalue weighted by Gasteiger charge is -2.29. The van der Waals surface area contributed by atoms with Crippen LogP contribution in [0.1, 0.15) is 5.56 Å². The predicted octanol–water partition coefficient (Wildman–Crippen LogP) is 2.26. The number of rotatable bonds is 0. The van der Waals surface area contributed by atoms with Gasteiger partial charge in [0.15, 0.2) is 12.3 Å². The number of ether oxygens (including phenoxy) is 3. The van der Waals surface area contributed by atoms with Gasteiger partial charge >= 0.3 is 7.25 Å². The summed E-state index contributed by atoms with van der Waals surface area (Å²) in [7, 11) is -1.84. The van der Waals surface area contributed by atoms with Gasteiger partial charge in [-0.25, -0.2) is 4.58 Å². The SMILES string of the molecule is CN1CCOc2cc3c(cc21)Oc1cc2c(cc1=C3)OCC[N+]=2C.F[B-](F)(F)F. The van der Waals surface area contributed by atoms with Crippen LogP contribution in [-0.4, -0.2) is 47.7 Å². The minimum atomic E-state index is -6.00. The molecule has 0 spiro atoms. The summed E-state index contributed by atoms with van der Waals surface area (Å²) in [6, 6.07) is 8.28. The van der Waals surface area contributed by atoms with Crippen molar-refractivity contribution in [2.45, 2.75) is 0 Å². The van der Waals surface area contributed by atoms with Gasteiger partial charge in [-0.3, -0.25) is 0 Å². The molecule has 0 atom stereocenters. The highest BCUT2D eigenvalue weighted by Crippen LogP contribution is 2.40. The Balaban J connectivity index is 0.000000369. The minimum Gasteiger partial charge on any atom is -0.490 e. The second-order valence-electron chi connectivity index (χ2n) is 7.00. The molecule has 0 amide bonds. The van der Waals surface area contributed by atoms with E-state index in [4.69, 9.17) is 14.2 Å². The molecule has 5 nitrogen and oxygen atoms in total. The molecular formula is C19H19BF4N2O3. The van der Waals surface area contributed by atoms with Crippen LogP contribution in [0.3, 0.4) is 0 Å². The molecule has 29 heavy (non-hydrogen) atoms. The number of hydrogen-bond acceptors (Lipinski definition) is 4. The molecule has 0 unspecified atom stereocenters. The molecule has 0 aromatic heterocycles. The number of nitrogens with zero attached hydrogens (tertiary/aromatic N) is 2. The molecule has 2 aromatic carbocycles. The Labute approximate surface area is 164 Å². The van der Waals surface area contributed by atoms with Crippen LogP contribution in [0, 0.1) is 0 Å². The van der Waals surface area contributed by atoms with Gasteiger partial charge < -0.3 is 36.4 Å². The highest BCUT2D eigenvalue weighted by molar-refractivity contribution is 6.50. The summed E-state index contributed by atoms with van der Waals surface area (Å²) in [5, 5.41) is 2.12. The van der Waals surface area contributed by atoms with Crippen molar-refractivity contribution in [3.63, 3.8) is 0 Å². The predicted molar refractivity (Wildman–Crippen MR) is 102 cm³/mol. The van der Waals surface area contributed by atoms with Crippen molar-refractivity contribution in [2.24, 2.45) is 0 Å². The Morgan fingerprint density at radius 1 is 0.931 bits per heavy atom. The average molecular weight is 410 g/mol. The second-order valence-corrected chi connectivity index (χ2v) is 7.00. The van der Waals surface area contributed by atoms with E-state index in [2.05, 4.69) is 53.9 Å². The van der Waals surface area contributed by atoms with Crippen LogP contribution in [-0.2, 0) is 0 Å². The van der Waals surface area contributed by atoms with Crippen LogP contribution >= 0.6 is 0 Å². The average Bonchev–Trinajstić information content (AvgIpc) is 2.63. The molecule has 0 aliphatic carbocycles. The number of fused-ring (bicyclic) bond motifs is 4. The first-order chi connectivity index (χ1) is 13.7. The van der Waals surface area contributed by atoms with Gasteiger partial charge in [0.1, 0.15) is 37.5 Å². The highest BCUT2D eigenvalue weighted by atomic mass is 19.5. The van der Waals surface area contributed by atoms with Gasteiger partial charge in [0.2, 0.25) is 5.36 Å². The summed E-state index contributed by atoms with van der Waals surface area (Å²) in [6.07, 6.45) is 2.14. The Kier molecular flexibility index (Phi) is 4.80. The van der Waals surface area contributed by atoms with Crippen molar-refractivity contribution in [1.29, 1.82) is 0 Å². The first kappa shape index (κ1) is 19.4. The fourth-order valence-electron chi connectivity index (χ4n) is 3.47. The zero-order chi connectivity index (χ0) is 20.8. The molecule has 0 radical (unpaired) electrons. The number of anilines is 1. The van der Waals surface area contributed by atoms with Crippen LogP contribution < -0.4 is 34.3 Å². The Hall–Kier alpha value is -2.91. The van der Waals surface area contributed by atoms with Gasteiger partial charge in [-0.15, -0.1) is 0 Å². The van der Waals surface area contributed by atoms with E-state index in [-0.39, 0.29) is 0 Å². The largest absolute Gasteiger partial charge is 0.673 e. The first-order valence-corrected chi connectivity index (χ1v) is 9.13. The van der Waals surface area contributed by atoms with E-state index >= 15 is 0 Å². The van der Waals surface area contributed by atoms with Gasteiger partial charge in [0.25, 0.3) is 0 Å². The summed E-state index contributed by atoms with van der Waals surface area (Å²) >= 11 is 0. The van der Waals surface area contributed by atoms with Gasteiger partial charge in [0.05, 0.1) is 18.3 Å². The third-order valence-electron chi connectivity index (χ3n) is 4.90. The summed E-state index contributed by atoms with van der Waals surface area (Å²) in [6.45, 7) is 3.21. The fraction of sp³-hybridized carbons (Fsp3) is 0.316. The molecule has 0 fully saturated rings. The molecule has 3 heterocycles. The third-order valence-corrected chi connectivity index (χ3v) is 4.90. The Morgan fingerprint density at radius 3 is 2.41 bits per heavy atom. The number of halogens is 4. The summed E-state index contributed by atoms with van der Waals surface area (Å²) in [5.74, 6) is 3.58. The van der Waals surface area contributed by atoms with E-state index in [9.17, 15) is 17.3 Å². The quantitative estimate of drug-likeness (QED) is 0.324. The molecule has 3 aliphatic rings. The number of likely N-dealkylation sites (N-methyl/N-ethyl adjacent to an activating group) is 2. The molecule has 10 heteroatoms. The maximum atomic E-state index is 9.75. The van der Waals surface area contributed by atoms with Gasteiger partial charge in [0, 0.05) is 23.9 Å². The molecule has 154 valence electrons. The summed E-state index contributed by atoms with van der Waals surface area (Å²) < 4.78 is 59.0. The van der Waals surface area contributed by atoms with Crippen LogP contribution in [0.4, 0.5) is 23.0 Å². The maximum absolute atomic E-state index is 9.75. The van der Waals surface area contributed by atoms with Crippen LogP contribution in [0.25, 0.3) is 6.08 Å². The highest BCUT2D eigenvalue weighted by Gasteiger charge is 2.23. The zero-order valence-electron chi connectivity index (χ0n) is 15.9. The Bertz CT molecular complexity index is 1080. The smallest absolute Gasteiger partial charge is 0.490 e. The van der Waals surface area contributed by atoms with E-state index in [0.29, 0.717) is 13.2 Å². The molecule has 0 bridgehead atoms. The standard InChI is InChI=1S/C19H19N2O3.BF4/c1-20-3-5-22-18-8-12-7-13-9-19-15(21(2)4-6-23-19)11-17(13)24-16(12)10-14(18)20;2-1(3,4)5/h7-11H,3-6H2,1-2H3;/q+1;-1. The molecule has 2 aromatic rings. The van der Waals surface area contributed by atoms with Crippen molar-refractivity contribution in [3.8, 4) is 23.0 Å². The third kappa shape index (κ3) is 4.11. The molecule has 3 aliphatic heterocycles. The topological polar surface area (TPSA) is 33.9 Å². The van der Waals surface area contributed by atoms with E-state index in [1.165, 1.54) is 0 Å². The lowest BCUT2D eigenvalue weighted by molar-refractivity contribution is 0.279. The number of benzene rings is 2. The van der Waals surface area contributed by atoms with Crippen molar-refractivity contribution in [1.82, 2.24) is 4.58 Å². The maximum Gasteiger partial charge on any atom is 0.673 e. The van der Waals surface area contributed by atoms with Crippen molar-refractivity contribution in [2.75, 3.05) is 45.3 Å². The monoisotopic (exact) mass is 410 g/mol. The van der Waals surface area contributed by atoms with Crippen LogP contribution in [0.2, 0.25) is 0 Å². The minimum absolute atomic E-state index is 0.716. The van der Waals surface area contributed by atoms with E-state index in [1.807, 2.05) is 0 Å². The number of hydrogen-bond donors (Lipinski definition) is 0. The van der Waals surface area contributed by atoms with Gasteiger partial charge in [-0.2, -0.15) is 0 Å². The van der Waals surface area contributed by atoms with Gasteiger partial charge in [-0.1, -0.05) is 0 Å². The zero-order valence-corrected chi connectivity index (χ0v) is 15.9. The Morgan fingerprint density at radius 2 is 1.66 bits per heavy atom. The lowest BCUT2D eigenvalue weighted by atomic mass is 10.1. The molecular weight excluding hydrogens is 391 g/mol. The summed E-state index contributed by atoms with van der Waals surface area (Å²) in [5.41, 5.74) is 2.12. The van der Waals surface area contributed by atoms with E-state index < -0.39 is 7.25 Å².